The van der Waals surface area contributed by atoms with Crippen LogP contribution in [0.1, 0.15) is 43.1 Å². The van der Waals surface area contributed by atoms with Crippen molar-refractivity contribution in [3.05, 3.63) is 59.7 Å². The van der Waals surface area contributed by atoms with Crippen LogP contribution in [0.25, 0.3) is 0 Å². The zero-order chi connectivity index (χ0) is 13.5. The van der Waals surface area contributed by atoms with Gasteiger partial charge in [-0.1, -0.05) is 44.5 Å². The molecule has 1 atom stereocenters. The number of benzene rings is 1. The molecule has 0 amide bonds. The maximum atomic E-state index is 4.38. The maximum Gasteiger partial charge on any atom is 0.115 e. The summed E-state index contributed by atoms with van der Waals surface area (Å²) in [6, 6.07) is 10.9. The molecule has 1 N–H and O–H groups in total. The number of aromatic nitrogens is 2. The summed E-state index contributed by atoms with van der Waals surface area (Å²) in [4.78, 5) is 8.37. The van der Waals surface area contributed by atoms with E-state index >= 15 is 0 Å². The van der Waals surface area contributed by atoms with Crippen LogP contribution in [0.2, 0.25) is 0 Å². The third-order valence-electron chi connectivity index (χ3n) is 3.13. The molecule has 3 heteroatoms. The first-order chi connectivity index (χ1) is 9.35. The Morgan fingerprint density at radius 3 is 2.79 bits per heavy atom. The van der Waals surface area contributed by atoms with E-state index in [-0.39, 0.29) is 6.04 Å². The maximum absolute atomic E-state index is 4.38. The summed E-state index contributed by atoms with van der Waals surface area (Å²) >= 11 is 0. The first kappa shape index (κ1) is 13.7. The number of nitrogens with zero attached hydrogens (tertiary/aromatic N) is 2. The lowest BCUT2D eigenvalue weighted by molar-refractivity contribution is 0.613. The van der Waals surface area contributed by atoms with E-state index < -0.39 is 0 Å². The fourth-order valence-electron chi connectivity index (χ4n) is 2.29. The van der Waals surface area contributed by atoms with Gasteiger partial charge in [-0.25, -0.2) is 9.97 Å². The summed E-state index contributed by atoms with van der Waals surface area (Å²) in [7, 11) is 0. The molecule has 3 nitrogen and oxygen atoms in total. The highest BCUT2D eigenvalue weighted by molar-refractivity contribution is 5.31. The SMILES string of the molecule is CCCc1cccc(C(NCC)c2ccncn2)c1. The van der Waals surface area contributed by atoms with Crippen molar-refractivity contribution >= 4 is 0 Å². The van der Waals surface area contributed by atoms with Crippen molar-refractivity contribution < 1.29 is 0 Å². The van der Waals surface area contributed by atoms with Gasteiger partial charge in [0.15, 0.2) is 0 Å². The molecule has 1 aromatic carbocycles. The second-order valence-electron chi connectivity index (χ2n) is 4.62. The molecule has 0 aliphatic heterocycles. The van der Waals surface area contributed by atoms with Gasteiger partial charge < -0.3 is 5.32 Å². The molecular weight excluding hydrogens is 234 g/mol. The first-order valence-electron chi connectivity index (χ1n) is 6.93. The monoisotopic (exact) mass is 255 g/mol. The lowest BCUT2D eigenvalue weighted by Gasteiger charge is -2.18. The van der Waals surface area contributed by atoms with Crippen molar-refractivity contribution in [2.75, 3.05) is 6.54 Å². The van der Waals surface area contributed by atoms with E-state index in [1.165, 1.54) is 17.5 Å². The Morgan fingerprint density at radius 1 is 1.21 bits per heavy atom. The van der Waals surface area contributed by atoms with E-state index in [0.29, 0.717) is 0 Å². The van der Waals surface area contributed by atoms with Crippen molar-refractivity contribution in [1.82, 2.24) is 15.3 Å². The minimum atomic E-state index is 0.143. The van der Waals surface area contributed by atoms with Gasteiger partial charge in [0.1, 0.15) is 6.33 Å². The Labute approximate surface area is 115 Å². The number of nitrogens with one attached hydrogen (secondary N) is 1. The van der Waals surface area contributed by atoms with Crippen LogP contribution in [0, 0.1) is 0 Å². The smallest absolute Gasteiger partial charge is 0.115 e. The molecule has 1 aromatic heterocycles. The third-order valence-corrected chi connectivity index (χ3v) is 3.13. The van der Waals surface area contributed by atoms with Crippen molar-refractivity contribution in [3.63, 3.8) is 0 Å². The lowest BCUT2D eigenvalue weighted by Crippen LogP contribution is -2.23. The molecule has 0 aliphatic rings. The highest BCUT2D eigenvalue weighted by atomic mass is 14.9. The first-order valence-corrected chi connectivity index (χ1v) is 6.93. The second-order valence-corrected chi connectivity index (χ2v) is 4.62. The molecular formula is C16H21N3. The van der Waals surface area contributed by atoms with Gasteiger partial charge in [-0.2, -0.15) is 0 Å². The highest BCUT2D eigenvalue weighted by Gasteiger charge is 2.14. The number of hydrogen-bond donors (Lipinski definition) is 1. The van der Waals surface area contributed by atoms with Gasteiger partial charge >= 0.3 is 0 Å². The average Bonchev–Trinajstić information content (AvgIpc) is 2.46. The molecule has 100 valence electrons. The van der Waals surface area contributed by atoms with Crippen LogP contribution in [-0.4, -0.2) is 16.5 Å². The Balaban J connectivity index is 2.31. The van der Waals surface area contributed by atoms with Crippen LogP contribution < -0.4 is 5.32 Å². The van der Waals surface area contributed by atoms with Crippen molar-refractivity contribution in [3.8, 4) is 0 Å². The molecule has 2 aromatic rings. The summed E-state index contributed by atoms with van der Waals surface area (Å²) in [5, 5.41) is 3.49. The van der Waals surface area contributed by atoms with E-state index in [9.17, 15) is 0 Å². The quantitative estimate of drug-likeness (QED) is 0.861. The molecule has 1 heterocycles. The summed E-state index contributed by atoms with van der Waals surface area (Å²) in [6.45, 7) is 5.23. The topological polar surface area (TPSA) is 37.8 Å². The van der Waals surface area contributed by atoms with Gasteiger partial charge in [-0.3, -0.25) is 0 Å². The molecule has 0 aliphatic carbocycles. The molecule has 2 rings (SSSR count). The molecule has 0 saturated carbocycles. The Bertz CT molecular complexity index is 496. The van der Waals surface area contributed by atoms with Crippen molar-refractivity contribution in [2.45, 2.75) is 32.7 Å². The largest absolute Gasteiger partial charge is 0.305 e. The van der Waals surface area contributed by atoms with Crippen LogP contribution in [0.5, 0.6) is 0 Å². The predicted octanol–water partition coefficient (Wildman–Crippen LogP) is 3.13. The third kappa shape index (κ3) is 3.61. The van der Waals surface area contributed by atoms with Gasteiger partial charge in [-0.15, -0.1) is 0 Å². The highest BCUT2D eigenvalue weighted by Crippen LogP contribution is 2.21. The van der Waals surface area contributed by atoms with Gasteiger partial charge in [0.2, 0.25) is 0 Å². The summed E-state index contributed by atoms with van der Waals surface area (Å²) < 4.78 is 0. The molecule has 0 saturated heterocycles. The second kappa shape index (κ2) is 7.00. The number of aryl methyl sites for hydroxylation is 1. The Hall–Kier alpha value is -1.74. The standard InChI is InChI=1S/C16H21N3/c1-3-6-13-7-5-8-14(11-13)16(18-4-2)15-9-10-17-12-19-15/h5,7-12,16,18H,3-4,6H2,1-2H3. The fraction of sp³-hybridized carbons (Fsp3) is 0.375. The van der Waals surface area contributed by atoms with E-state index in [0.717, 1.165) is 18.7 Å². The molecule has 0 radical (unpaired) electrons. The summed E-state index contributed by atoms with van der Waals surface area (Å²) in [5.41, 5.74) is 3.67. The molecule has 0 bridgehead atoms. The van der Waals surface area contributed by atoms with Gasteiger partial charge in [0, 0.05) is 6.20 Å². The zero-order valence-electron chi connectivity index (χ0n) is 11.6. The van der Waals surface area contributed by atoms with Crippen LogP contribution in [0.3, 0.4) is 0 Å². The molecule has 0 spiro atoms. The van der Waals surface area contributed by atoms with E-state index in [1.807, 2.05) is 6.07 Å². The molecule has 19 heavy (non-hydrogen) atoms. The van der Waals surface area contributed by atoms with Crippen LogP contribution in [0.4, 0.5) is 0 Å². The van der Waals surface area contributed by atoms with Crippen molar-refractivity contribution in [1.29, 1.82) is 0 Å². The minimum absolute atomic E-state index is 0.143. The zero-order valence-corrected chi connectivity index (χ0v) is 11.6. The minimum Gasteiger partial charge on any atom is -0.305 e. The van der Waals surface area contributed by atoms with Crippen LogP contribution in [0.15, 0.2) is 42.9 Å². The number of rotatable bonds is 6. The van der Waals surface area contributed by atoms with E-state index in [4.69, 9.17) is 0 Å². The normalized spacial score (nSPS) is 12.3. The van der Waals surface area contributed by atoms with Gasteiger partial charge in [-0.05, 0) is 30.2 Å². The van der Waals surface area contributed by atoms with E-state index in [1.54, 1.807) is 12.5 Å². The Kier molecular flexibility index (Phi) is 5.04. The molecule has 0 fully saturated rings. The Morgan fingerprint density at radius 2 is 2.11 bits per heavy atom. The van der Waals surface area contributed by atoms with Gasteiger partial charge in [0.25, 0.3) is 0 Å². The number of hydrogen-bond acceptors (Lipinski definition) is 3. The fourth-order valence-corrected chi connectivity index (χ4v) is 2.29. The van der Waals surface area contributed by atoms with Gasteiger partial charge in [0.05, 0.1) is 11.7 Å². The predicted molar refractivity (Wildman–Crippen MR) is 78.0 cm³/mol. The molecule has 1 unspecified atom stereocenters. The summed E-state index contributed by atoms with van der Waals surface area (Å²) in [5.74, 6) is 0. The van der Waals surface area contributed by atoms with Crippen LogP contribution >= 0.6 is 0 Å². The summed E-state index contributed by atoms with van der Waals surface area (Å²) in [6.07, 6.45) is 5.69. The lowest BCUT2D eigenvalue weighted by atomic mass is 9.99. The van der Waals surface area contributed by atoms with Crippen LogP contribution in [-0.2, 0) is 6.42 Å². The average molecular weight is 255 g/mol. The van der Waals surface area contributed by atoms with Crippen molar-refractivity contribution in [2.24, 2.45) is 0 Å². The van der Waals surface area contributed by atoms with E-state index in [2.05, 4.69) is 53.4 Å².